The van der Waals surface area contributed by atoms with E-state index >= 15 is 0 Å². The number of hydrogen-bond donors (Lipinski definition) is 0. The van der Waals surface area contributed by atoms with Gasteiger partial charge in [0.2, 0.25) is 0 Å². The van der Waals surface area contributed by atoms with Crippen LogP contribution in [0, 0.1) is 10.1 Å². The number of nitro groups is 1. The SMILES string of the molecule is CCCc1cc(C(=O)OC(=O)/C=C(\C)CCC=C(C)C)n(-c2ccc([N+](=O)[O-])cc2)n1. The molecule has 0 radical (unpaired) electrons. The quantitative estimate of drug-likeness (QED) is 0.138. The van der Waals surface area contributed by atoms with Crippen molar-refractivity contribution in [3.63, 3.8) is 0 Å². The number of carbonyl (C=O) groups is 2. The van der Waals surface area contributed by atoms with Crippen molar-refractivity contribution in [2.24, 2.45) is 0 Å². The van der Waals surface area contributed by atoms with E-state index in [1.54, 1.807) is 6.07 Å². The fourth-order valence-corrected chi connectivity index (χ4v) is 2.90. The van der Waals surface area contributed by atoms with Crippen molar-refractivity contribution >= 4 is 17.6 Å². The maximum atomic E-state index is 12.7. The predicted molar refractivity (Wildman–Crippen MR) is 117 cm³/mol. The molecule has 0 N–H and O–H groups in total. The molecule has 164 valence electrons. The Hall–Kier alpha value is -3.55. The standard InChI is InChI=1S/C23H27N3O5/c1-5-7-18-15-21(25(24-18)19-10-12-20(13-11-19)26(29)30)23(28)31-22(27)14-17(4)9-6-8-16(2)3/h8,10-15H,5-7,9H2,1-4H3/b17-14+. The Morgan fingerprint density at radius 3 is 2.45 bits per heavy atom. The summed E-state index contributed by atoms with van der Waals surface area (Å²) < 4.78 is 6.35. The fourth-order valence-electron chi connectivity index (χ4n) is 2.90. The normalized spacial score (nSPS) is 11.2. The lowest BCUT2D eigenvalue weighted by molar-refractivity contribution is -0.384. The molecule has 0 atom stereocenters. The first-order chi connectivity index (χ1) is 14.7. The number of hydrogen-bond acceptors (Lipinski definition) is 6. The number of non-ortho nitro benzene ring substituents is 1. The van der Waals surface area contributed by atoms with Crippen molar-refractivity contribution < 1.29 is 19.2 Å². The number of nitro benzene ring substituents is 1. The van der Waals surface area contributed by atoms with Crippen LogP contribution in [0.2, 0.25) is 0 Å². The van der Waals surface area contributed by atoms with Gasteiger partial charge in [-0.15, -0.1) is 0 Å². The van der Waals surface area contributed by atoms with Gasteiger partial charge in [-0.05, 0) is 58.2 Å². The summed E-state index contributed by atoms with van der Waals surface area (Å²) in [7, 11) is 0. The summed E-state index contributed by atoms with van der Waals surface area (Å²) in [5.74, 6) is -1.57. The number of aromatic nitrogens is 2. The van der Waals surface area contributed by atoms with Crippen LogP contribution in [0.15, 0.2) is 53.6 Å². The van der Waals surface area contributed by atoms with Gasteiger partial charge in [-0.25, -0.2) is 14.3 Å². The van der Waals surface area contributed by atoms with Crippen molar-refractivity contribution in [1.29, 1.82) is 0 Å². The molecule has 0 bridgehead atoms. The van der Waals surface area contributed by atoms with Gasteiger partial charge < -0.3 is 4.74 Å². The third-order valence-electron chi connectivity index (χ3n) is 4.43. The predicted octanol–water partition coefficient (Wildman–Crippen LogP) is 5.11. The maximum absolute atomic E-state index is 12.7. The van der Waals surface area contributed by atoms with E-state index < -0.39 is 16.9 Å². The highest BCUT2D eigenvalue weighted by molar-refractivity contribution is 5.99. The van der Waals surface area contributed by atoms with E-state index in [9.17, 15) is 19.7 Å². The van der Waals surface area contributed by atoms with Gasteiger partial charge in [-0.1, -0.05) is 30.6 Å². The minimum atomic E-state index is -0.827. The van der Waals surface area contributed by atoms with Crippen LogP contribution in [0.25, 0.3) is 5.69 Å². The minimum absolute atomic E-state index is 0.0716. The van der Waals surface area contributed by atoms with E-state index in [2.05, 4.69) is 11.2 Å². The van der Waals surface area contributed by atoms with Crippen molar-refractivity contribution in [1.82, 2.24) is 9.78 Å². The van der Waals surface area contributed by atoms with Crippen LogP contribution in [-0.2, 0) is 16.0 Å². The van der Waals surface area contributed by atoms with E-state index in [0.29, 0.717) is 24.2 Å². The molecule has 0 amide bonds. The molecule has 0 fully saturated rings. The molecule has 0 aliphatic carbocycles. The fraction of sp³-hybridized carbons (Fsp3) is 0.348. The van der Waals surface area contributed by atoms with Gasteiger partial charge in [-0.2, -0.15) is 5.10 Å². The van der Waals surface area contributed by atoms with Gasteiger partial charge in [0.15, 0.2) is 5.69 Å². The molecule has 0 spiro atoms. The van der Waals surface area contributed by atoms with Gasteiger partial charge in [0.25, 0.3) is 5.69 Å². The molecule has 0 aliphatic heterocycles. The van der Waals surface area contributed by atoms with Gasteiger partial charge >= 0.3 is 11.9 Å². The first kappa shape index (κ1) is 23.7. The Balaban J connectivity index is 2.22. The minimum Gasteiger partial charge on any atom is -0.385 e. The summed E-state index contributed by atoms with van der Waals surface area (Å²) in [6.45, 7) is 7.81. The third-order valence-corrected chi connectivity index (χ3v) is 4.43. The second-order valence-corrected chi connectivity index (χ2v) is 7.48. The average molecular weight is 425 g/mol. The third kappa shape index (κ3) is 7.02. The van der Waals surface area contributed by atoms with E-state index in [0.717, 1.165) is 18.4 Å². The molecule has 0 unspecified atom stereocenters. The molecule has 2 rings (SSSR count). The molecular formula is C23H27N3O5. The smallest absolute Gasteiger partial charge is 0.364 e. The highest BCUT2D eigenvalue weighted by atomic mass is 16.6. The number of ether oxygens (including phenoxy) is 1. The summed E-state index contributed by atoms with van der Waals surface area (Å²) in [5.41, 5.74) is 3.15. The topological polar surface area (TPSA) is 104 Å². The molecule has 1 aromatic carbocycles. The number of esters is 2. The van der Waals surface area contributed by atoms with Crippen LogP contribution in [0.3, 0.4) is 0 Å². The molecule has 1 aromatic heterocycles. The Morgan fingerprint density at radius 2 is 1.87 bits per heavy atom. The highest BCUT2D eigenvalue weighted by Crippen LogP contribution is 2.19. The Bertz CT molecular complexity index is 1010. The van der Waals surface area contributed by atoms with Gasteiger partial charge in [-0.3, -0.25) is 10.1 Å². The van der Waals surface area contributed by atoms with Crippen LogP contribution in [0.5, 0.6) is 0 Å². The summed E-state index contributed by atoms with van der Waals surface area (Å²) >= 11 is 0. The number of rotatable bonds is 9. The molecule has 8 nitrogen and oxygen atoms in total. The number of allylic oxidation sites excluding steroid dienone is 3. The van der Waals surface area contributed by atoms with Crippen molar-refractivity contribution in [3.05, 3.63) is 75.1 Å². The van der Waals surface area contributed by atoms with E-state index in [1.165, 1.54) is 40.6 Å². The first-order valence-corrected chi connectivity index (χ1v) is 10.1. The summed E-state index contributed by atoms with van der Waals surface area (Å²) in [6, 6.07) is 7.22. The molecule has 0 saturated heterocycles. The first-order valence-electron chi connectivity index (χ1n) is 10.1. The Labute approximate surface area is 181 Å². The van der Waals surface area contributed by atoms with E-state index in [1.807, 2.05) is 27.7 Å². The molecule has 0 aliphatic rings. The van der Waals surface area contributed by atoms with Crippen LogP contribution >= 0.6 is 0 Å². The zero-order valence-corrected chi connectivity index (χ0v) is 18.3. The molecule has 31 heavy (non-hydrogen) atoms. The molecule has 0 saturated carbocycles. The molecular weight excluding hydrogens is 398 g/mol. The lowest BCUT2D eigenvalue weighted by Crippen LogP contribution is -2.15. The number of nitrogens with zero attached hydrogens (tertiary/aromatic N) is 3. The van der Waals surface area contributed by atoms with Gasteiger partial charge in [0, 0.05) is 18.2 Å². The summed E-state index contributed by atoms with van der Waals surface area (Å²) in [5, 5.41) is 15.3. The van der Waals surface area contributed by atoms with Gasteiger partial charge in [0.1, 0.15) is 0 Å². The van der Waals surface area contributed by atoms with Crippen LogP contribution in [0.4, 0.5) is 5.69 Å². The second kappa shape index (κ2) is 11.0. The van der Waals surface area contributed by atoms with Crippen LogP contribution in [-0.4, -0.2) is 26.6 Å². The highest BCUT2D eigenvalue weighted by Gasteiger charge is 2.20. The lowest BCUT2D eigenvalue weighted by atomic mass is 10.1. The van der Waals surface area contributed by atoms with Gasteiger partial charge in [0.05, 0.1) is 16.3 Å². The van der Waals surface area contributed by atoms with E-state index in [-0.39, 0.29) is 11.4 Å². The molecule has 1 heterocycles. The van der Waals surface area contributed by atoms with Crippen LogP contribution < -0.4 is 0 Å². The van der Waals surface area contributed by atoms with Crippen molar-refractivity contribution in [3.8, 4) is 5.69 Å². The molecule has 2 aromatic rings. The van der Waals surface area contributed by atoms with Crippen molar-refractivity contribution in [2.45, 2.75) is 53.4 Å². The Morgan fingerprint density at radius 1 is 1.19 bits per heavy atom. The van der Waals surface area contributed by atoms with E-state index in [4.69, 9.17) is 4.74 Å². The number of aryl methyl sites for hydroxylation is 1. The largest absolute Gasteiger partial charge is 0.385 e. The monoisotopic (exact) mass is 425 g/mol. The maximum Gasteiger partial charge on any atom is 0.364 e. The molecule has 8 heteroatoms. The number of benzene rings is 1. The zero-order chi connectivity index (χ0) is 23.0. The number of carbonyl (C=O) groups excluding carboxylic acids is 2. The average Bonchev–Trinajstić information content (AvgIpc) is 3.12. The van der Waals surface area contributed by atoms with Crippen molar-refractivity contribution in [2.75, 3.05) is 0 Å². The van der Waals surface area contributed by atoms with Crippen LogP contribution in [0.1, 0.15) is 63.1 Å². The summed E-state index contributed by atoms with van der Waals surface area (Å²) in [4.78, 5) is 35.3. The lowest BCUT2D eigenvalue weighted by Gasteiger charge is -2.06. The second-order valence-electron chi connectivity index (χ2n) is 7.48. The summed E-state index contributed by atoms with van der Waals surface area (Å²) in [6.07, 6.45) is 6.34. The Kier molecular flexibility index (Phi) is 8.43. The zero-order valence-electron chi connectivity index (χ0n) is 18.3.